The van der Waals surface area contributed by atoms with Crippen LogP contribution in [0.15, 0.2) is 24.0 Å². The first-order valence-electron chi connectivity index (χ1n) is 8.75. The molecule has 0 aromatic carbocycles. The minimum atomic E-state index is -0.574. The van der Waals surface area contributed by atoms with Crippen molar-refractivity contribution in [3.8, 4) is 0 Å². The molecule has 2 rings (SSSR count). The smallest absolute Gasteiger partial charge is 0.323 e. The zero-order valence-electron chi connectivity index (χ0n) is 15.4. The van der Waals surface area contributed by atoms with Crippen LogP contribution in [0.2, 0.25) is 0 Å². The summed E-state index contributed by atoms with van der Waals surface area (Å²) >= 11 is 0. The summed E-state index contributed by atoms with van der Waals surface area (Å²) in [5.74, 6) is -0.0129. The molecule has 0 aromatic heterocycles. The van der Waals surface area contributed by atoms with Crippen LogP contribution < -0.4 is 11.5 Å². The van der Waals surface area contributed by atoms with Gasteiger partial charge in [-0.05, 0) is 38.6 Å². The van der Waals surface area contributed by atoms with Crippen molar-refractivity contribution in [2.24, 2.45) is 17.4 Å². The van der Waals surface area contributed by atoms with Crippen LogP contribution in [0.1, 0.15) is 39.5 Å². The molecule has 4 N–H and O–H groups in total. The van der Waals surface area contributed by atoms with Gasteiger partial charge in [-0.1, -0.05) is 19.9 Å². The summed E-state index contributed by atoms with van der Waals surface area (Å²) in [7, 11) is 1.50. The molecule has 0 bridgehead atoms. The monoisotopic (exact) mass is 353 g/mol. The topological polar surface area (TPSA) is 108 Å². The van der Waals surface area contributed by atoms with Crippen LogP contribution >= 0.6 is 0 Å². The Labute approximate surface area is 150 Å². The first-order chi connectivity index (χ1) is 12.0. The summed E-state index contributed by atoms with van der Waals surface area (Å²) in [4.78, 5) is 24.6. The van der Waals surface area contributed by atoms with Gasteiger partial charge in [-0.25, -0.2) is 0 Å². The van der Waals surface area contributed by atoms with E-state index in [1.165, 1.54) is 7.05 Å². The molecule has 0 aliphatic carbocycles. The van der Waals surface area contributed by atoms with Crippen molar-refractivity contribution in [3.63, 3.8) is 0 Å². The van der Waals surface area contributed by atoms with Gasteiger partial charge in [0.2, 0.25) is 0 Å². The summed E-state index contributed by atoms with van der Waals surface area (Å²) < 4.78 is 11.2. The second-order valence-corrected chi connectivity index (χ2v) is 6.51. The molecule has 1 fully saturated rings. The lowest BCUT2D eigenvalue weighted by atomic mass is 10.1. The van der Waals surface area contributed by atoms with Crippen LogP contribution in [0.4, 0.5) is 0 Å². The van der Waals surface area contributed by atoms with Gasteiger partial charge in [0, 0.05) is 18.0 Å². The predicted octanol–water partition coefficient (Wildman–Crippen LogP) is 1.29. The maximum atomic E-state index is 11.8. The zero-order chi connectivity index (χ0) is 18.8. The number of allylic oxidation sites excluding steroid dienone is 2. The van der Waals surface area contributed by atoms with E-state index in [-0.39, 0.29) is 24.9 Å². The number of nitrogens with two attached hydrogens (primary N) is 2. The molecule has 2 heterocycles. The maximum Gasteiger partial charge on any atom is 0.323 e. The van der Waals surface area contributed by atoms with E-state index in [1.54, 1.807) is 0 Å². The summed E-state index contributed by atoms with van der Waals surface area (Å²) in [5.41, 5.74) is 11.0. The molecule has 25 heavy (non-hydrogen) atoms. The Morgan fingerprint density at radius 3 is 2.80 bits per heavy atom. The molecule has 0 saturated carbocycles. The van der Waals surface area contributed by atoms with Gasteiger partial charge in [0.05, 0.1) is 6.10 Å². The lowest BCUT2D eigenvalue weighted by molar-refractivity contribution is -0.150. The van der Waals surface area contributed by atoms with E-state index in [2.05, 4.69) is 5.73 Å². The van der Waals surface area contributed by atoms with E-state index in [0.29, 0.717) is 18.8 Å². The summed E-state index contributed by atoms with van der Waals surface area (Å²) in [6.45, 7) is 4.26. The van der Waals surface area contributed by atoms with Crippen molar-refractivity contribution in [3.05, 3.63) is 24.0 Å². The Morgan fingerprint density at radius 1 is 1.44 bits per heavy atom. The molecule has 0 amide bonds. The third-order valence-corrected chi connectivity index (χ3v) is 3.95. The number of hydrogen-bond acceptors (Lipinski definition) is 7. The fourth-order valence-corrected chi connectivity index (χ4v) is 2.77. The number of rotatable bonds is 7. The predicted molar refractivity (Wildman–Crippen MR) is 96.1 cm³/mol. The number of esters is 1. The van der Waals surface area contributed by atoms with Crippen LogP contribution in [0, 0.1) is 5.92 Å². The normalized spacial score (nSPS) is 23.6. The lowest BCUT2D eigenvalue weighted by Gasteiger charge is -2.26. The zero-order valence-corrected chi connectivity index (χ0v) is 15.4. The third-order valence-electron chi connectivity index (χ3n) is 3.95. The highest BCUT2D eigenvalue weighted by atomic mass is 16.6. The van der Waals surface area contributed by atoms with Gasteiger partial charge in [-0.2, -0.15) is 0 Å². The van der Waals surface area contributed by atoms with Gasteiger partial charge in [-0.3, -0.25) is 9.59 Å². The minimum absolute atomic E-state index is 0.116. The van der Waals surface area contributed by atoms with Crippen molar-refractivity contribution in [1.82, 2.24) is 4.90 Å². The second kappa shape index (κ2) is 11.0. The van der Waals surface area contributed by atoms with Gasteiger partial charge in [-0.15, -0.1) is 0 Å². The lowest BCUT2D eigenvalue weighted by Crippen LogP contribution is -2.35. The standard InChI is InChI=1S/C17H26N2O4.CH5N/c1-12(2)8-15(18)17(21)22-11-14-5-6-16(23-14)19-7-3-4-13(9-19)10-20;1-2/h3,7,9-10,12,14-16H,4-6,8,11,18H2,1-2H3;2H2,1H3. The third kappa shape index (κ3) is 6.97. The van der Waals surface area contributed by atoms with E-state index in [9.17, 15) is 9.59 Å². The quantitative estimate of drug-likeness (QED) is 0.524. The number of hydrogen-bond donors (Lipinski definition) is 2. The summed E-state index contributed by atoms with van der Waals surface area (Å²) in [6, 6.07) is -0.574. The number of aldehydes is 1. The van der Waals surface area contributed by atoms with Crippen LogP contribution in [0.3, 0.4) is 0 Å². The van der Waals surface area contributed by atoms with Crippen molar-refractivity contribution in [1.29, 1.82) is 0 Å². The van der Waals surface area contributed by atoms with Crippen LogP contribution in [-0.4, -0.2) is 49.2 Å². The van der Waals surface area contributed by atoms with Crippen LogP contribution in [0.5, 0.6) is 0 Å². The highest BCUT2D eigenvalue weighted by Crippen LogP contribution is 2.26. The number of nitrogens with zero attached hydrogens (tertiary/aromatic N) is 1. The number of ether oxygens (including phenoxy) is 2. The van der Waals surface area contributed by atoms with E-state index in [0.717, 1.165) is 24.7 Å². The molecule has 142 valence electrons. The molecule has 2 aliphatic heterocycles. The van der Waals surface area contributed by atoms with E-state index < -0.39 is 6.04 Å². The average molecular weight is 353 g/mol. The molecule has 7 nitrogen and oxygen atoms in total. The van der Waals surface area contributed by atoms with Gasteiger partial charge < -0.3 is 25.8 Å². The highest BCUT2D eigenvalue weighted by Gasteiger charge is 2.30. The average Bonchev–Trinajstić information content (AvgIpc) is 3.10. The van der Waals surface area contributed by atoms with Gasteiger partial charge in [0.25, 0.3) is 0 Å². The Morgan fingerprint density at radius 2 is 2.16 bits per heavy atom. The Kier molecular flexibility index (Phi) is 9.41. The molecule has 7 heteroatoms. The number of carbonyl (C=O) groups excluding carboxylic acids is 2. The van der Waals surface area contributed by atoms with Gasteiger partial charge in [0.1, 0.15) is 25.2 Å². The van der Waals surface area contributed by atoms with Crippen molar-refractivity contribution >= 4 is 12.3 Å². The second-order valence-electron chi connectivity index (χ2n) is 6.51. The Hall–Kier alpha value is -1.70. The fourth-order valence-electron chi connectivity index (χ4n) is 2.77. The van der Waals surface area contributed by atoms with Gasteiger partial charge >= 0.3 is 5.97 Å². The first-order valence-corrected chi connectivity index (χ1v) is 8.75. The minimum Gasteiger partial charge on any atom is -0.462 e. The van der Waals surface area contributed by atoms with E-state index >= 15 is 0 Å². The molecule has 0 aromatic rings. The van der Waals surface area contributed by atoms with E-state index in [4.69, 9.17) is 15.2 Å². The first kappa shape index (κ1) is 21.3. The molecule has 0 spiro atoms. The summed E-state index contributed by atoms with van der Waals surface area (Å²) in [6.07, 6.45) is 9.19. The molecule has 3 atom stereocenters. The molecular formula is C18H31N3O4. The highest BCUT2D eigenvalue weighted by molar-refractivity contribution is 5.75. The fraction of sp³-hybridized carbons (Fsp3) is 0.667. The molecular weight excluding hydrogens is 322 g/mol. The van der Waals surface area contributed by atoms with Crippen molar-refractivity contribution in [2.45, 2.75) is 57.9 Å². The molecule has 0 radical (unpaired) electrons. The van der Waals surface area contributed by atoms with E-state index in [1.807, 2.05) is 37.2 Å². The maximum absolute atomic E-state index is 11.8. The van der Waals surface area contributed by atoms with Gasteiger partial charge in [0.15, 0.2) is 0 Å². The molecule has 1 saturated heterocycles. The Bertz CT molecular complexity index is 491. The molecule has 2 aliphatic rings. The van der Waals surface area contributed by atoms with Crippen molar-refractivity contribution in [2.75, 3.05) is 13.7 Å². The summed E-state index contributed by atoms with van der Waals surface area (Å²) in [5, 5.41) is 0. The largest absolute Gasteiger partial charge is 0.462 e. The van der Waals surface area contributed by atoms with Crippen LogP contribution in [-0.2, 0) is 19.1 Å². The SMILES string of the molecule is CC(C)CC(N)C(=O)OCC1CCC(N2C=CCC(C=O)=C2)O1.CN. The van der Waals surface area contributed by atoms with Crippen molar-refractivity contribution < 1.29 is 19.1 Å². The Balaban J connectivity index is 0.00000151. The van der Waals surface area contributed by atoms with Crippen LogP contribution in [0.25, 0.3) is 0 Å². The number of carbonyl (C=O) groups is 2. The molecule has 3 unspecified atom stereocenters.